The van der Waals surface area contributed by atoms with Crippen molar-refractivity contribution in [3.63, 3.8) is 0 Å². The molecule has 0 aliphatic carbocycles. The molecular formula is C14H8BrF4NO2. The van der Waals surface area contributed by atoms with E-state index in [9.17, 15) is 22.4 Å². The average Bonchev–Trinajstić information content (AvgIpc) is 2.47. The Balaban J connectivity index is 2.04. The Labute approximate surface area is 131 Å². The molecule has 0 bridgehead atoms. The number of halogens is 5. The van der Waals surface area contributed by atoms with Crippen LogP contribution in [0.4, 0.5) is 23.2 Å². The second kappa shape index (κ2) is 6.78. The smallest absolute Gasteiger partial charge is 0.262 e. The predicted octanol–water partition coefficient (Wildman–Crippen LogP) is 4.02. The Morgan fingerprint density at radius 3 is 2.14 bits per heavy atom. The van der Waals surface area contributed by atoms with Crippen LogP contribution in [0, 0.1) is 23.3 Å². The van der Waals surface area contributed by atoms with Gasteiger partial charge < -0.3 is 10.1 Å². The number of rotatable bonds is 4. The van der Waals surface area contributed by atoms with Crippen LogP contribution in [0.5, 0.6) is 5.75 Å². The van der Waals surface area contributed by atoms with Gasteiger partial charge in [0, 0.05) is 16.2 Å². The first-order valence-electron chi connectivity index (χ1n) is 5.89. The van der Waals surface area contributed by atoms with E-state index in [1.54, 1.807) is 24.3 Å². The van der Waals surface area contributed by atoms with E-state index in [0.717, 1.165) is 4.47 Å². The zero-order valence-corrected chi connectivity index (χ0v) is 12.4. The van der Waals surface area contributed by atoms with Gasteiger partial charge in [-0.1, -0.05) is 15.9 Å². The van der Waals surface area contributed by atoms with Crippen molar-refractivity contribution in [3.8, 4) is 5.75 Å². The maximum Gasteiger partial charge on any atom is 0.262 e. The van der Waals surface area contributed by atoms with Crippen molar-refractivity contribution >= 4 is 27.5 Å². The minimum absolute atomic E-state index is 0.0550. The van der Waals surface area contributed by atoms with E-state index < -0.39 is 41.5 Å². The lowest BCUT2D eigenvalue weighted by Crippen LogP contribution is -2.21. The number of hydrogen-bond acceptors (Lipinski definition) is 2. The van der Waals surface area contributed by atoms with Crippen molar-refractivity contribution in [2.45, 2.75) is 0 Å². The standard InChI is InChI=1S/C14H8BrF4NO2/c15-7-1-3-8(4-2-7)20-11(21)6-22-14-12(18)9(16)5-10(17)13(14)19/h1-5H,6H2,(H,20,21). The van der Waals surface area contributed by atoms with Crippen molar-refractivity contribution in [1.29, 1.82) is 0 Å². The van der Waals surface area contributed by atoms with Crippen molar-refractivity contribution in [2.75, 3.05) is 11.9 Å². The SMILES string of the molecule is O=C(COc1c(F)c(F)cc(F)c1F)Nc1ccc(Br)cc1. The number of nitrogens with one attached hydrogen (secondary N) is 1. The van der Waals surface area contributed by atoms with E-state index in [0.29, 0.717) is 5.69 Å². The third-order valence-corrected chi connectivity index (χ3v) is 3.08. The minimum atomic E-state index is -1.70. The monoisotopic (exact) mass is 377 g/mol. The minimum Gasteiger partial charge on any atom is -0.477 e. The molecule has 22 heavy (non-hydrogen) atoms. The molecule has 2 aromatic rings. The van der Waals surface area contributed by atoms with Crippen molar-refractivity contribution in [1.82, 2.24) is 0 Å². The molecule has 0 aliphatic rings. The maximum absolute atomic E-state index is 13.3. The molecule has 1 amide bonds. The number of anilines is 1. The molecular weight excluding hydrogens is 370 g/mol. The Morgan fingerprint density at radius 2 is 1.59 bits per heavy atom. The molecule has 0 heterocycles. The predicted molar refractivity (Wildman–Crippen MR) is 74.5 cm³/mol. The van der Waals surface area contributed by atoms with Crippen LogP contribution in [-0.2, 0) is 4.79 Å². The summed E-state index contributed by atoms with van der Waals surface area (Å²) in [4.78, 5) is 11.6. The van der Waals surface area contributed by atoms with Crippen LogP contribution in [-0.4, -0.2) is 12.5 Å². The molecule has 3 nitrogen and oxygen atoms in total. The highest BCUT2D eigenvalue weighted by Crippen LogP contribution is 2.26. The van der Waals surface area contributed by atoms with Crippen LogP contribution < -0.4 is 10.1 Å². The van der Waals surface area contributed by atoms with E-state index in [1.165, 1.54) is 0 Å². The van der Waals surface area contributed by atoms with Crippen molar-refractivity contribution in [2.24, 2.45) is 0 Å². The van der Waals surface area contributed by atoms with Gasteiger partial charge in [0.05, 0.1) is 0 Å². The van der Waals surface area contributed by atoms with Crippen LogP contribution >= 0.6 is 15.9 Å². The highest BCUT2D eigenvalue weighted by molar-refractivity contribution is 9.10. The van der Waals surface area contributed by atoms with Crippen LogP contribution in [0.3, 0.4) is 0 Å². The van der Waals surface area contributed by atoms with E-state index in [4.69, 9.17) is 0 Å². The second-order valence-corrected chi connectivity index (χ2v) is 5.06. The normalized spacial score (nSPS) is 10.4. The zero-order valence-electron chi connectivity index (χ0n) is 10.8. The lowest BCUT2D eigenvalue weighted by molar-refractivity contribution is -0.118. The molecule has 2 rings (SSSR count). The summed E-state index contributed by atoms with van der Waals surface area (Å²) < 4.78 is 57.9. The number of carbonyl (C=O) groups excluding carboxylic acids is 1. The molecule has 0 aliphatic heterocycles. The quantitative estimate of drug-likeness (QED) is 0.645. The van der Waals surface area contributed by atoms with Gasteiger partial charge >= 0.3 is 0 Å². The number of hydrogen-bond donors (Lipinski definition) is 1. The van der Waals surface area contributed by atoms with Gasteiger partial charge in [-0.25, -0.2) is 8.78 Å². The average molecular weight is 378 g/mol. The highest BCUT2D eigenvalue weighted by Gasteiger charge is 2.21. The Bertz CT molecular complexity index is 681. The van der Waals surface area contributed by atoms with Gasteiger partial charge in [-0.3, -0.25) is 4.79 Å². The molecule has 0 atom stereocenters. The molecule has 0 saturated carbocycles. The van der Waals surface area contributed by atoms with E-state index in [2.05, 4.69) is 26.0 Å². The van der Waals surface area contributed by atoms with Crippen LogP contribution in [0.2, 0.25) is 0 Å². The summed E-state index contributed by atoms with van der Waals surface area (Å²) in [5.74, 6) is -8.63. The fraction of sp³-hybridized carbons (Fsp3) is 0.0714. The van der Waals surface area contributed by atoms with Crippen LogP contribution in [0.15, 0.2) is 34.8 Å². The highest BCUT2D eigenvalue weighted by atomic mass is 79.9. The summed E-state index contributed by atoms with van der Waals surface area (Å²) in [6.45, 7) is -0.813. The summed E-state index contributed by atoms with van der Waals surface area (Å²) in [6, 6.07) is 6.53. The lowest BCUT2D eigenvalue weighted by atomic mass is 10.3. The van der Waals surface area contributed by atoms with Gasteiger partial charge in [0.1, 0.15) is 0 Å². The number of ether oxygens (including phenoxy) is 1. The van der Waals surface area contributed by atoms with Gasteiger partial charge in [0.2, 0.25) is 11.6 Å². The fourth-order valence-electron chi connectivity index (χ4n) is 1.55. The summed E-state index contributed by atoms with van der Waals surface area (Å²) in [5, 5.41) is 2.39. The maximum atomic E-state index is 13.3. The zero-order chi connectivity index (χ0) is 16.3. The summed E-state index contributed by atoms with van der Waals surface area (Å²) >= 11 is 3.21. The molecule has 0 unspecified atom stereocenters. The van der Waals surface area contributed by atoms with Crippen LogP contribution in [0.25, 0.3) is 0 Å². The number of carbonyl (C=O) groups is 1. The molecule has 1 N–H and O–H groups in total. The lowest BCUT2D eigenvalue weighted by Gasteiger charge is -2.10. The van der Waals surface area contributed by atoms with Gasteiger partial charge in [-0.15, -0.1) is 0 Å². The van der Waals surface area contributed by atoms with Gasteiger partial charge in [-0.2, -0.15) is 8.78 Å². The fourth-order valence-corrected chi connectivity index (χ4v) is 1.81. The first kappa shape index (κ1) is 16.3. The van der Waals surface area contributed by atoms with E-state index >= 15 is 0 Å². The third kappa shape index (κ3) is 3.76. The number of benzene rings is 2. The Hall–Kier alpha value is -2.09. The topological polar surface area (TPSA) is 38.3 Å². The summed E-state index contributed by atoms with van der Waals surface area (Å²) in [5.41, 5.74) is 0.420. The second-order valence-electron chi connectivity index (χ2n) is 4.14. The molecule has 0 fully saturated rings. The summed E-state index contributed by atoms with van der Waals surface area (Å²) in [7, 11) is 0. The molecule has 0 saturated heterocycles. The van der Waals surface area contributed by atoms with Crippen molar-refractivity contribution < 1.29 is 27.1 Å². The first-order valence-corrected chi connectivity index (χ1v) is 6.69. The van der Waals surface area contributed by atoms with Crippen LogP contribution in [0.1, 0.15) is 0 Å². The summed E-state index contributed by atoms with van der Waals surface area (Å²) in [6.07, 6.45) is 0. The third-order valence-electron chi connectivity index (χ3n) is 2.55. The Kier molecular flexibility index (Phi) is 5.02. The van der Waals surface area contributed by atoms with Crippen molar-refractivity contribution in [3.05, 3.63) is 58.1 Å². The number of amides is 1. The van der Waals surface area contributed by atoms with E-state index in [1.807, 2.05) is 0 Å². The molecule has 0 radical (unpaired) electrons. The molecule has 0 aromatic heterocycles. The Morgan fingerprint density at radius 1 is 1.05 bits per heavy atom. The molecule has 116 valence electrons. The molecule has 2 aromatic carbocycles. The molecule has 8 heteroatoms. The molecule has 0 spiro atoms. The van der Waals surface area contributed by atoms with E-state index in [-0.39, 0.29) is 6.07 Å². The van der Waals surface area contributed by atoms with Gasteiger partial charge in [0.25, 0.3) is 5.91 Å². The largest absolute Gasteiger partial charge is 0.477 e. The van der Waals surface area contributed by atoms with Gasteiger partial charge in [-0.05, 0) is 24.3 Å². The van der Waals surface area contributed by atoms with Gasteiger partial charge in [0.15, 0.2) is 24.0 Å². The first-order chi connectivity index (χ1) is 10.4.